The minimum Gasteiger partial charge on any atom is -0.327 e. The summed E-state index contributed by atoms with van der Waals surface area (Å²) >= 11 is 0. The Bertz CT molecular complexity index is 479. The molecule has 0 aliphatic rings. The van der Waals surface area contributed by atoms with Gasteiger partial charge in [0.2, 0.25) is 0 Å². The third kappa shape index (κ3) is 13.0. The van der Waals surface area contributed by atoms with Crippen molar-refractivity contribution in [2.75, 3.05) is 39.5 Å². The van der Waals surface area contributed by atoms with E-state index in [2.05, 4.69) is 5.09 Å². The van der Waals surface area contributed by atoms with E-state index >= 15 is 0 Å². The van der Waals surface area contributed by atoms with Crippen LogP contribution >= 0.6 is 7.75 Å². The summed E-state index contributed by atoms with van der Waals surface area (Å²) in [6.45, 7) is 8.72. The van der Waals surface area contributed by atoms with Gasteiger partial charge in [-0.25, -0.2) is 9.65 Å². The number of hydrogen-bond acceptors (Lipinski definition) is 5. The predicted molar refractivity (Wildman–Crippen MR) is 90.9 cm³/mol. The molecule has 10 heteroatoms. The van der Waals surface area contributed by atoms with Crippen LogP contribution in [0.5, 0.6) is 0 Å². The molecule has 140 valence electrons. The number of quaternary nitrogens is 1. The Balaban J connectivity index is 4.42. The van der Waals surface area contributed by atoms with Gasteiger partial charge in [0, 0.05) is 6.42 Å². The highest BCUT2D eigenvalue weighted by Gasteiger charge is 2.28. The highest BCUT2D eigenvalue weighted by molar-refractivity contribution is 7.85. The summed E-state index contributed by atoms with van der Waals surface area (Å²) in [5, 5.41) is 2.85. The van der Waals surface area contributed by atoms with E-state index in [1.54, 1.807) is 27.7 Å². The summed E-state index contributed by atoms with van der Waals surface area (Å²) in [7, 11) is -3.43. The maximum Gasteiger partial charge on any atom is 0.406 e. The van der Waals surface area contributed by atoms with E-state index in [4.69, 9.17) is 13.6 Å². The largest absolute Gasteiger partial charge is 0.406 e. The van der Waals surface area contributed by atoms with Crippen LogP contribution in [0, 0.1) is 0 Å². The minimum absolute atomic E-state index is 0.232. The van der Waals surface area contributed by atoms with E-state index in [0.29, 0.717) is 30.5 Å². The average molecular weight is 375 g/mol. The zero-order valence-corrected chi connectivity index (χ0v) is 16.7. The molecule has 0 spiro atoms. The molecule has 0 saturated heterocycles. The third-order valence-electron chi connectivity index (χ3n) is 2.89. The first kappa shape index (κ1) is 23.0. The first-order valence-corrected chi connectivity index (χ1v) is 10.9. The molecule has 0 saturated carbocycles. The Morgan fingerprint density at radius 3 is 1.96 bits per heavy atom. The fraction of sp³-hybridized carbons (Fsp3) is 1.00. The van der Waals surface area contributed by atoms with Crippen molar-refractivity contribution < 1.29 is 31.1 Å². The van der Waals surface area contributed by atoms with Crippen LogP contribution in [0.4, 0.5) is 0 Å². The van der Waals surface area contributed by atoms with E-state index in [1.807, 2.05) is 14.1 Å². The van der Waals surface area contributed by atoms with Crippen molar-refractivity contribution >= 4 is 17.9 Å². The summed E-state index contributed by atoms with van der Waals surface area (Å²) in [5.41, 5.74) is 0. The van der Waals surface area contributed by atoms with Crippen LogP contribution in [0.2, 0.25) is 0 Å². The Kier molecular flexibility index (Phi) is 9.45. The summed E-state index contributed by atoms with van der Waals surface area (Å²) in [5.74, 6) is -0.256. The van der Waals surface area contributed by atoms with Crippen LogP contribution in [0.25, 0.3) is 0 Å². The lowest BCUT2D eigenvalue weighted by atomic mass is 10.3. The van der Waals surface area contributed by atoms with Crippen LogP contribution in [0.15, 0.2) is 0 Å². The predicted octanol–water partition coefficient (Wildman–Crippen LogP) is 1.89. The highest BCUT2D eigenvalue weighted by atomic mass is 32.2. The molecule has 0 amide bonds. The maximum atomic E-state index is 12.6. The average Bonchev–Trinajstić information content (AvgIpc) is 2.22. The van der Waals surface area contributed by atoms with Crippen molar-refractivity contribution in [3.05, 3.63) is 0 Å². The van der Waals surface area contributed by atoms with Gasteiger partial charge < -0.3 is 4.48 Å². The van der Waals surface area contributed by atoms with Gasteiger partial charge in [-0.05, 0) is 27.7 Å². The van der Waals surface area contributed by atoms with Crippen LogP contribution < -0.4 is 5.09 Å². The van der Waals surface area contributed by atoms with Gasteiger partial charge >= 0.3 is 7.75 Å². The molecule has 0 unspecified atom stereocenters. The summed E-state index contributed by atoms with van der Waals surface area (Å²) in [6.07, 6.45) is -0.109. The van der Waals surface area contributed by atoms with Gasteiger partial charge in [-0.15, -0.1) is 0 Å². The second-order valence-electron chi connectivity index (χ2n) is 6.74. The Morgan fingerprint density at radius 2 is 1.57 bits per heavy atom. The van der Waals surface area contributed by atoms with Gasteiger partial charge in [0.15, 0.2) is 0 Å². The molecule has 0 aromatic carbocycles. The van der Waals surface area contributed by atoms with E-state index in [0.717, 1.165) is 0 Å². The van der Waals surface area contributed by atoms with Crippen molar-refractivity contribution in [1.82, 2.24) is 5.09 Å². The molecule has 0 rings (SSSR count). The fourth-order valence-electron chi connectivity index (χ4n) is 1.93. The van der Waals surface area contributed by atoms with Gasteiger partial charge in [-0.2, -0.15) is 8.42 Å². The van der Waals surface area contributed by atoms with Crippen LogP contribution in [0.3, 0.4) is 0 Å². The van der Waals surface area contributed by atoms with E-state index < -0.39 is 17.9 Å². The quantitative estimate of drug-likeness (QED) is 0.305. The molecule has 0 atom stereocenters. The minimum atomic E-state index is -3.93. The maximum absolute atomic E-state index is 12.6. The van der Waals surface area contributed by atoms with Crippen LogP contribution in [0.1, 0.15) is 34.1 Å². The summed E-state index contributed by atoms with van der Waals surface area (Å²) in [4.78, 5) is 0. The highest BCUT2D eigenvalue weighted by Crippen LogP contribution is 2.45. The number of nitrogens with zero attached hydrogens (tertiary/aromatic N) is 1. The fourth-order valence-corrected chi connectivity index (χ4v) is 4.11. The van der Waals surface area contributed by atoms with Gasteiger partial charge in [-0.1, -0.05) is 0 Å². The molecule has 8 nitrogen and oxygen atoms in total. The standard InChI is InChI=1S/C13H31N2O6PS/c1-12(2)20-22(16,21-13(3)4)14-8-10-15(5,6)9-7-11-23(17,18)19/h12-13H,7-11H2,1-6H3,(H-,14,16,17,18,19)/p+1. The Hall–Kier alpha value is -0.0200. The second-order valence-corrected chi connectivity index (χ2v) is 10.0. The van der Waals surface area contributed by atoms with E-state index in [-0.39, 0.29) is 18.0 Å². The zero-order chi connectivity index (χ0) is 18.3. The molecule has 0 aliphatic carbocycles. The van der Waals surface area contributed by atoms with E-state index in [1.165, 1.54) is 0 Å². The monoisotopic (exact) mass is 375 g/mol. The van der Waals surface area contributed by atoms with Gasteiger partial charge in [0.1, 0.15) is 0 Å². The lowest BCUT2D eigenvalue weighted by Gasteiger charge is -2.31. The van der Waals surface area contributed by atoms with Crippen molar-refractivity contribution in [3.63, 3.8) is 0 Å². The van der Waals surface area contributed by atoms with Gasteiger partial charge in [-0.3, -0.25) is 13.6 Å². The normalized spacial score (nSPS) is 14.0. The SMILES string of the molecule is CC(C)OP(=O)(NCC[N+](C)(C)CCCS(=O)(=O)O)OC(C)C. The lowest BCUT2D eigenvalue weighted by molar-refractivity contribution is -0.889. The Labute approximate surface area is 140 Å². The van der Waals surface area contributed by atoms with Crippen molar-refractivity contribution in [3.8, 4) is 0 Å². The molecule has 23 heavy (non-hydrogen) atoms. The third-order valence-corrected chi connectivity index (χ3v) is 5.70. The molecule has 0 aromatic heterocycles. The van der Waals surface area contributed by atoms with Crippen molar-refractivity contribution in [2.24, 2.45) is 0 Å². The molecular formula is C13H32N2O6PS+. The van der Waals surface area contributed by atoms with E-state index in [9.17, 15) is 13.0 Å². The molecular weight excluding hydrogens is 343 g/mol. The number of nitrogens with one attached hydrogen (secondary N) is 1. The van der Waals surface area contributed by atoms with Gasteiger partial charge in [0.25, 0.3) is 10.1 Å². The summed E-state index contributed by atoms with van der Waals surface area (Å²) < 4.78 is 54.1. The number of likely N-dealkylation sites (N-methyl/N-ethyl adjacent to an activating group) is 1. The first-order valence-electron chi connectivity index (χ1n) is 7.74. The summed E-state index contributed by atoms with van der Waals surface area (Å²) in [6, 6.07) is 0. The molecule has 0 heterocycles. The van der Waals surface area contributed by atoms with Crippen LogP contribution in [-0.4, -0.2) is 69.1 Å². The first-order chi connectivity index (χ1) is 10.2. The molecule has 0 aromatic rings. The van der Waals surface area contributed by atoms with Gasteiger partial charge in [0.05, 0.1) is 51.7 Å². The molecule has 0 radical (unpaired) electrons. The number of rotatable bonds is 12. The smallest absolute Gasteiger partial charge is 0.327 e. The van der Waals surface area contributed by atoms with Crippen molar-refractivity contribution in [2.45, 2.75) is 46.3 Å². The topological polar surface area (TPSA) is 102 Å². The second kappa shape index (κ2) is 9.46. The molecule has 2 N–H and O–H groups in total. The van der Waals surface area contributed by atoms with Crippen LogP contribution in [-0.2, 0) is 23.7 Å². The Morgan fingerprint density at radius 1 is 1.09 bits per heavy atom. The lowest BCUT2D eigenvalue weighted by Crippen LogP contribution is -2.45. The number of hydrogen-bond donors (Lipinski definition) is 2. The van der Waals surface area contributed by atoms with Crippen molar-refractivity contribution in [1.29, 1.82) is 0 Å². The molecule has 0 fully saturated rings. The zero-order valence-electron chi connectivity index (χ0n) is 15.0. The molecule has 0 aliphatic heterocycles. The molecule has 0 bridgehead atoms.